The van der Waals surface area contributed by atoms with Crippen molar-refractivity contribution in [1.29, 1.82) is 0 Å². The average Bonchev–Trinajstić information content (AvgIpc) is 2.49. The first-order chi connectivity index (χ1) is 10.6. The molecule has 0 unspecified atom stereocenters. The van der Waals surface area contributed by atoms with Crippen molar-refractivity contribution >= 4 is 39.8 Å². The van der Waals surface area contributed by atoms with Crippen molar-refractivity contribution < 1.29 is 8.42 Å². The minimum Gasteiger partial charge on any atom is -0.357 e. The highest BCUT2D eigenvalue weighted by Crippen LogP contribution is 2.06. The number of nitrogens with zero attached hydrogens (tertiary/aromatic N) is 1. The Labute approximate surface area is 160 Å². The molecule has 0 saturated carbocycles. The van der Waals surface area contributed by atoms with Gasteiger partial charge < -0.3 is 10.6 Å². The monoisotopic (exact) mass is 461 g/mol. The largest absolute Gasteiger partial charge is 0.357 e. The van der Waals surface area contributed by atoms with E-state index in [0.29, 0.717) is 6.54 Å². The van der Waals surface area contributed by atoms with Crippen molar-refractivity contribution in [2.24, 2.45) is 4.99 Å². The summed E-state index contributed by atoms with van der Waals surface area (Å²) in [6.45, 7) is 7.91. The molecule has 0 aliphatic heterocycles. The van der Waals surface area contributed by atoms with Gasteiger partial charge in [-0.05, 0) is 13.3 Å². The van der Waals surface area contributed by atoms with E-state index in [1.807, 2.05) is 6.92 Å². The summed E-state index contributed by atoms with van der Waals surface area (Å²) in [7, 11) is -2.92. The van der Waals surface area contributed by atoms with E-state index < -0.39 is 9.84 Å². The van der Waals surface area contributed by atoms with E-state index in [1.54, 1.807) is 6.92 Å². The van der Waals surface area contributed by atoms with Crippen LogP contribution in [0.4, 0.5) is 0 Å². The van der Waals surface area contributed by atoms with Crippen LogP contribution in [0.2, 0.25) is 0 Å². The third-order valence-corrected chi connectivity index (χ3v) is 5.23. The van der Waals surface area contributed by atoms with Gasteiger partial charge in [0, 0.05) is 25.4 Å². The molecule has 0 rings (SSSR count). The molecular formula is C16H36IN3O2S. The van der Waals surface area contributed by atoms with Crippen LogP contribution in [-0.4, -0.2) is 45.5 Å². The van der Waals surface area contributed by atoms with Gasteiger partial charge in [-0.15, -0.1) is 24.0 Å². The second-order valence-electron chi connectivity index (χ2n) is 5.55. The quantitative estimate of drug-likeness (QED) is 0.191. The molecule has 7 heteroatoms. The number of hydrogen-bond donors (Lipinski definition) is 2. The highest BCUT2D eigenvalue weighted by Gasteiger charge is 2.07. The van der Waals surface area contributed by atoms with Gasteiger partial charge in [0.2, 0.25) is 0 Å². The van der Waals surface area contributed by atoms with Gasteiger partial charge in [0.1, 0.15) is 0 Å². The maximum absolute atomic E-state index is 11.4. The molecule has 0 aromatic rings. The first kappa shape index (κ1) is 25.2. The van der Waals surface area contributed by atoms with Crippen LogP contribution in [0, 0.1) is 0 Å². The molecule has 0 fully saturated rings. The molecule has 5 nitrogen and oxygen atoms in total. The van der Waals surface area contributed by atoms with Crippen molar-refractivity contribution in [3.63, 3.8) is 0 Å². The predicted octanol–water partition coefficient (Wildman–Crippen LogP) is 3.34. The molecule has 0 radical (unpaired) electrons. The van der Waals surface area contributed by atoms with Crippen LogP contribution in [-0.2, 0) is 9.84 Å². The highest BCUT2D eigenvalue weighted by atomic mass is 127. The molecule has 0 amide bonds. The van der Waals surface area contributed by atoms with Crippen LogP contribution in [0.1, 0.15) is 65.7 Å². The molecule has 0 heterocycles. The number of aliphatic imine (C=N–C) groups is 1. The van der Waals surface area contributed by atoms with Crippen LogP contribution in [0.15, 0.2) is 4.99 Å². The number of guanidine groups is 1. The van der Waals surface area contributed by atoms with Gasteiger partial charge in [-0.1, -0.05) is 52.4 Å². The molecule has 0 bridgehead atoms. The van der Waals surface area contributed by atoms with E-state index in [4.69, 9.17) is 0 Å². The molecule has 140 valence electrons. The second kappa shape index (κ2) is 16.8. The van der Waals surface area contributed by atoms with Crippen molar-refractivity contribution in [3.8, 4) is 0 Å². The topological polar surface area (TPSA) is 70.6 Å². The third-order valence-electron chi connectivity index (χ3n) is 3.52. The zero-order chi connectivity index (χ0) is 16.7. The minimum absolute atomic E-state index is 0. The fourth-order valence-electron chi connectivity index (χ4n) is 2.07. The molecule has 0 aliphatic carbocycles. The van der Waals surface area contributed by atoms with E-state index in [0.717, 1.165) is 25.5 Å². The van der Waals surface area contributed by atoms with E-state index in [1.165, 1.54) is 38.5 Å². The van der Waals surface area contributed by atoms with E-state index in [9.17, 15) is 8.42 Å². The zero-order valence-corrected chi connectivity index (χ0v) is 18.2. The van der Waals surface area contributed by atoms with E-state index in [2.05, 4.69) is 22.5 Å². The molecule has 0 spiro atoms. The van der Waals surface area contributed by atoms with Gasteiger partial charge >= 0.3 is 0 Å². The van der Waals surface area contributed by atoms with Gasteiger partial charge in [-0.25, -0.2) is 8.42 Å². The summed E-state index contributed by atoms with van der Waals surface area (Å²) in [6, 6.07) is 0. The molecule has 0 aromatic carbocycles. The average molecular weight is 461 g/mol. The fraction of sp³-hybridized carbons (Fsp3) is 0.938. The number of unbranched alkanes of at least 4 members (excludes halogenated alkanes) is 6. The molecule has 2 N–H and O–H groups in total. The number of rotatable bonds is 13. The molecule has 23 heavy (non-hydrogen) atoms. The number of halogens is 1. The lowest BCUT2D eigenvalue weighted by molar-refractivity contribution is 0.591. The fourth-order valence-corrected chi connectivity index (χ4v) is 2.77. The Bertz CT molecular complexity index is 387. The van der Waals surface area contributed by atoms with Crippen molar-refractivity contribution in [2.75, 3.05) is 31.1 Å². The van der Waals surface area contributed by atoms with Gasteiger partial charge in [-0.2, -0.15) is 0 Å². The predicted molar refractivity (Wildman–Crippen MR) is 112 cm³/mol. The van der Waals surface area contributed by atoms with Gasteiger partial charge in [0.25, 0.3) is 0 Å². The molecular weight excluding hydrogens is 425 g/mol. The number of sulfone groups is 1. The molecule has 0 saturated heterocycles. The van der Waals surface area contributed by atoms with Crippen LogP contribution in [0.25, 0.3) is 0 Å². The lowest BCUT2D eigenvalue weighted by Crippen LogP contribution is -2.39. The minimum atomic E-state index is -2.92. The second-order valence-corrected chi connectivity index (χ2v) is 8.02. The van der Waals surface area contributed by atoms with Crippen LogP contribution in [0.5, 0.6) is 0 Å². The first-order valence-corrected chi connectivity index (χ1v) is 10.6. The van der Waals surface area contributed by atoms with Crippen molar-refractivity contribution in [2.45, 2.75) is 65.7 Å². The Morgan fingerprint density at radius 3 is 2.09 bits per heavy atom. The Balaban J connectivity index is 0. The maximum Gasteiger partial charge on any atom is 0.191 e. The Kier molecular flexibility index (Phi) is 18.4. The lowest BCUT2D eigenvalue weighted by atomic mass is 10.1. The Hall–Kier alpha value is -0.0500. The summed E-state index contributed by atoms with van der Waals surface area (Å²) in [5.74, 6) is 1.07. The normalized spacial score (nSPS) is 11.9. The van der Waals surface area contributed by atoms with E-state index >= 15 is 0 Å². The molecule has 0 atom stereocenters. The van der Waals surface area contributed by atoms with Gasteiger partial charge in [-0.3, -0.25) is 4.99 Å². The highest BCUT2D eigenvalue weighted by molar-refractivity contribution is 14.0. The summed E-state index contributed by atoms with van der Waals surface area (Å²) >= 11 is 0. The summed E-state index contributed by atoms with van der Waals surface area (Å²) in [6.07, 6.45) is 8.89. The van der Waals surface area contributed by atoms with Crippen LogP contribution < -0.4 is 10.6 Å². The summed E-state index contributed by atoms with van der Waals surface area (Å²) in [5.41, 5.74) is 0. The molecule has 0 aliphatic rings. The van der Waals surface area contributed by atoms with E-state index in [-0.39, 0.29) is 35.5 Å². The third kappa shape index (κ3) is 16.6. The molecule has 0 aromatic heterocycles. The van der Waals surface area contributed by atoms with Crippen LogP contribution in [0.3, 0.4) is 0 Å². The van der Waals surface area contributed by atoms with Gasteiger partial charge in [0.15, 0.2) is 15.8 Å². The van der Waals surface area contributed by atoms with Gasteiger partial charge in [0.05, 0.1) is 5.75 Å². The lowest BCUT2D eigenvalue weighted by Gasteiger charge is -2.11. The maximum atomic E-state index is 11.4. The van der Waals surface area contributed by atoms with Crippen molar-refractivity contribution in [3.05, 3.63) is 0 Å². The zero-order valence-electron chi connectivity index (χ0n) is 15.1. The smallest absolute Gasteiger partial charge is 0.191 e. The Morgan fingerprint density at radius 2 is 1.52 bits per heavy atom. The number of hydrogen-bond acceptors (Lipinski definition) is 3. The summed E-state index contributed by atoms with van der Waals surface area (Å²) in [5, 5.41) is 6.24. The number of nitrogens with one attached hydrogen (secondary N) is 2. The summed E-state index contributed by atoms with van der Waals surface area (Å²) in [4.78, 5) is 4.49. The SMILES string of the molecule is CCCCCCCCCN=C(NCC)NCCS(=O)(=O)CC.I. The van der Waals surface area contributed by atoms with Crippen LogP contribution >= 0.6 is 24.0 Å². The Morgan fingerprint density at radius 1 is 0.913 bits per heavy atom. The summed E-state index contributed by atoms with van der Waals surface area (Å²) < 4.78 is 22.9. The standard InChI is InChI=1S/C16H35N3O2S.HI/c1-4-7-8-9-10-11-12-13-18-16(17-5-2)19-14-15-22(20,21)6-3;/h4-15H2,1-3H3,(H2,17,18,19);1H. The van der Waals surface area contributed by atoms with Crippen molar-refractivity contribution in [1.82, 2.24) is 10.6 Å². The first-order valence-electron chi connectivity index (χ1n) is 8.78.